The Labute approximate surface area is 148 Å². The predicted octanol–water partition coefficient (Wildman–Crippen LogP) is 3.16. The number of fused-ring (bicyclic) bond motifs is 1. The van der Waals surface area contributed by atoms with Gasteiger partial charge in [-0.25, -0.2) is 15.0 Å². The van der Waals surface area contributed by atoms with Crippen LogP contribution in [0.5, 0.6) is 0 Å². The lowest BCUT2D eigenvalue weighted by molar-refractivity contribution is 0.0817. The van der Waals surface area contributed by atoms with Crippen LogP contribution in [-0.4, -0.2) is 31.5 Å². The molecular weight excluding hydrogens is 330 g/mol. The first kappa shape index (κ1) is 15.6. The molecule has 0 aliphatic rings. The van der Waals surface area contributed by atoms with Crippen LogP contribution in [0, 0.1) is 0 Å². The smallest absolute Gasteiger partial charge is 0.235 e. The summed E-state index contributed by atoms with van der Waals surface area (Å²) >= 11 is 0. The van der Waals surface area contributed by atoms with Crippen molar-refractivity contribution in [3.63, 3.8) is 0 Å². The molecule has 0 amide bonds. The molecule has 0 aliphatic carbocycles. The van der Waals surface area contributed by atoms with E-state index in [1.807, 2.05) is 0 Å². The molecule has 0 saturated carbocycles. The Hall–Kier alpha value is -3.87. The van der Waals surface area contributed by atoms with Gasteiger partial charge in [-0.15, -0.1) is 0 Å². The zero-order chi connectivity index (χ0) is 17.9. The van der Waals surface area contributed by atoms with Crippen LogP contribution in [0.15, 0.2) is 67.3 Å². The maximum absolute atomic E-state index is 12.7. The highest BCUT2D eigenvalue weighted by Gasteiger charge is 2.21. The van der Waals surface area contributed by atoms with Crippen LogP contribution in [0.25, 0.3) is 11.2 Å². The number of benzene rings is 2. The van der Waals surface area contributed by atoms with E-state index in [1.54, 1.807) is 54.6 Å². The van der Waals surface area contributed by atoms with Crippen LogP contribution in [0.3, 0.4) is 0 Å². The minimum Gasteiger partial charge on any atom is -0.340 e. The van der Waals surface area contributed by atoms with Gasteiger partial charge in [0.25, 0.3) is 0 Å². The molecule has 0 saturated heterocycles. The molecule has 2 aromatic heterocycles. The van der Waals surface area contributed by atoms with E-state index < -0.39 is 11.6 Å². The quantitative estimate of drug-likeness (QED) is 0.426. The lowest BCUT2D eigenvalue weighted by Crippen LogP contribution is -2.16. The number of ketones is 2. The summed E-state index contributed by atoms with van der Waals surface area (Å²) < 4.78 is 0. The van der Waals surface area contributed by atoms with E-state index in [0.717, 1.165) is 0 Å². The highest BCUT2D eigenvalue weighted by atomic mass is 16.2. The van der Waals surface area contributed by atoms with E-state index in [0.29, 0.717) is 28.2 Å². The second kappa shape index (κ2) is 6.56. The van der Waals surface area contributed by atoms with Gasteiger partial charge >= 0.3 is 0 Å². The first-order chi connectivity index (χ1) is 12.7. The second-order valence-electron chi connectivity index (χ2n) is 5.52. The molecule has 7 heteroatoms. The fourth-order valence-corrected chi connectivity index (χ4v) is 2.62. The first-order valence-corrected chi connectivity index (χ1v) is 7.88. The van der Waals surface area contributed by atoms with E-state index in [9.17, 15) is 9.59 Å². The molecule has 0 radical (unpaired) electrons. The molecule has 4 rings (SSSR count). The Kier molecular flexibility index (Phi) is 3.95. The zero-order valence-corrected chi connectivity index (χ0v) is 13.5. The summed E-state index contributed by atoms with van der Waals surface area (Å²) in [6.45, 7) is 0. The fraction of sp³-hybridized carbons (Fsp3) is 0. The Balaban J connectivity index is 1.70. The van der Waals surface area contributed by atoms with Gasteiger partial charge in [0.2, 0.25) is 11.6 Å². The maximum Gasteiger partial charge on any atom is 0.235 e. The van der Waals surface area contributed by atoms with E-state index in [1.165, 1.54) is 12.7 Å². The molecule has 26 heavy (non-hydrogen) atoms. The number of carbonyl (C=O) groups is 2. The Bertz CT molecular complexity index is 1110. The minimum absolute atomic E-state index is 0.271. The monoisotopic (exact) mass is 343 g/mol. The SMILES string of the molecule is O=C(C(=O)c1ccccc1Nc1ncnc2nc[nH]c12)c1ccccc1. The standard InChI is InChI=1S/C19H13N5O2/c25-16(12-6-2-1-3-7-12)17(26)13-8-4-5-9-14(13)24-19-15-18(21-10-20-15)22-11-23-19/h1-11H,(H2,20,21,22,23,24). The molecule has 0 unspecified atom stereocenters. The molecule has 126 valence electrons. The van der Waals surface area contributed by atoms with E-state index >= 15 is 0 Å². The van der Waals surface area contributed by atoms with Crippen LogP contribution in [0.1, 0.15) is 20.7 Å². The summed E-state index contributed by atoms with van der Waals surface area (Å²) in [4.78, 5) is 40.5. The van der Waals surface area contributed by atoms with Gasteiger partial charge in [0.1, 0.15) is 11.8 Å². The van der Waals surface area contributed by atoms with Gasteiger partial charge in [-0.3, -0.25) is 9.59 Å². The normalized spacial score (nSPS) is 10.6. The van der Waals surface area contributed by atoms with Gasteiger partial charge in [-0.1, -0.05) is 42.5 Å². The van der Waals surface area contributed by atoms with E-state index in [2.05, 4.69) is 25.3 Å². The van der Waals surface area contributed by atoms with Crippen molar-refractivity contribution in [1.29, 1.82) is 0 Å². The van der Waals surface area contributed by atoms with Crippen molar-refractivity contribution in [1.82, 2.24) is 19.9 Å². The molecule has 2 N–H and O–H groups in total. The van der Waals surface area contributed by atoms with Crippen molar-refractivity contribution >= 4 is 34.2 Å². The highest BCUT2D eigenvalue weighted by molar-refractivity contribution is 6.50. The average Bonchev–Trinajstić information content (AvgIpc) is 3.18. The van der Waals surface area contributed by atoms with Gasteiger partial charge in [0, 0.05) is 11.1 Å². The van der Waals surface area contributed by atoms with Crippen LogP contribution in [0.2, 0.25) is 0 Å². The summed E-state index contributed by atoms with van der Waals surface area (Å²) in [5, 5.41) is 3.09. The van der Waals surface area contributed by atoms with Crippen molar-refractivity contribution in [2.75, 3.05) is 5.32 Å². The summed E-state index contributed by atoms with van der Waals surface area (Å²) in [6, 6.07) is 15.3. The van der Waals surface area contributed by atoms with Crippen molar-refractivity contribution < 1.29 is 9.59 Å². The molecule has 0 bridgehead atoms. The zero-order valence-electron chi connectivity index (χ0n) is 13.5. The number of para-hydroxylation sites is 1. The van der Waals surface area contributed by atoms with Gasteiger partial charge in [0.15, 0.2) is 11.5 Å². The molecule has 7 nitrogen and oxygen atoms in total. The van der Waals surface area contributed by atoms with Crippen LogP contribution < -0.4 is 5.32 Å². The summed E-state index contributed by atoms with van der Waals surface area (Å²) in [6.07, 6.45) is 2.89. The number of aromatic amines is 1. The lowest BCUT2D eigenvalue weighted by atomic mass is 10.00. The number of imidazole rings is 1. The minimum atomic E-state index is -0.589. The summed E-state index contributed by atoms with van der Waals surface area (Å²) in [5.41, 5.74) is 2.23. The number of rotatable bonds is 5. The molecular formula is C19H13N5O2. The summed E-state index contributed by atoms with van der Waals surface area (Å²) in [7, 11) is 0. The van der Waals surface area contributed by atoms with Gasteiger partial charge < -0.3 is 10.3 Å². The van der Waals surface area contributed by atoms with E-state index in [4.69, 9.17) is 0 Å². The number of H-pyrrole nitrogens is 1. The number of anilines is 2. The van der Waals surface area contributed by atoms with Crippen molar-refractivity contribution in [3.05, 3.63) is 78.4 Å². The third-order valence-corrected chi connectivity index (χ3v) is 3.89. The largest absolute Gasteiger partial charge is 0.340 e. The number of hydrogen-bond donors (Lipinski definition) is 2. The van der Waals surface area contributed by atoms with Crippen molar-refractivity contribution in [3.8, 4) is 0 Å². The molecule has 0 atom stereocenters. The van der Waals surface area contributed by atoms with Crippen molar-refractivity contribution in [2.24, 2.45) is 0 Å². The Morgan fingerprint density at radius 1 is 0.846 bits per heavy atom. The van der Waals surface area contributed by atoms with Crippen LogP contribution in [-0.2, 0) is 0 Å². The molecule has 0 aliphatic heterocycles. The summed E-state index contributed by atoms with van der Waals surface area (Å²) in [5.74, 6) is -0.677. The van der Waals surface area contributed by atoms with Crippen LogP contribution in [0.4, 0.5) is 11.5 Å². The van der Waals surface area contributed by atoms with Crippen LogP contribution >= 0.6 is 0 Å². The number of Topliss-reactive ketones (excluding diaryl/α,β-unsaturated/α-hetero) is 2. The van der Waals surface area contributed by atoms with Gasteiger partial charge in [-0.05, 0) is 12.1 Å². The third-order valence-electron chi connectivity index (χ3n) is 3.89. The third kappa shape index (κ3) is 2.82. The average molecular weight is 343 g/mol. The number of nitrogens with zero attached hydrogens (tertiary/aromatic N) is 3. The second-order valence-corrected chi connectivity index (χ2v) is 5.52. The molecule has 2 aromatic carbocycles. The van der Waals surface area contributed by atoms with Crippen molar-refractivity contribution in [2.45, 2.75) is 0 Å². The number of hydrogen-bond acceptors (Lipinski definition) is 6. The topological polar surface area (TPSA) is 101 Å². The fourth-order valence-electron chi connectivity index (χ4n) is 2.62. The maximum atomic E-state index is 12.7. The number of aromatic nitrogens is 4. The molecule has 4 aromatic rings. The molecule has 2 heterocycles. The first-order valence-electron chi connectivity index (χ1n) is 7.88. The molecule has 0 fully saturated rings. The van der Waals surface area contributed by atoms with Gasteiger partial charge in [0.05, 0.1) is 12.0 Å². The molecule has 0 spiro atoms. The Morgan fingerprint density at radius 2 is 1.62 bits per heavy atom. The lowest BCUT2D eigenvalue weighted by Gasteiger charge is -2.10. The van der Waals surface area contributed by atoms with E-state index in [-0.39, 0.29) is 5.56 Å². The predicted molar refractivity (Wildman–Crippen MR) is 96.5 cm³/mol. The Morgan fingerprint density at radius 3 is 2.46 bits per heavy atom. The van der Waals surface area contributed by atoms with Gasteiger partial charge in [-0.2, -0.15) is 0 Å². The number of nitrogens with one attached hydrogen (secondary N) is 2. The highest BCUT2D eigenvalue weighted by Crippen LogP contribution is 2.24. The number of carbonyl (C=O) groups excluding carboxylic acids is 2.